The molecule has 6 nitrogen and oxygen atoms in total. The fourth-order valence-corrected chi connectivity index (χ4v) is 7.73. The quantitative estimate of drug-likeness (QED) is 0.0311. The average Bonchev–Trinajstić information content (AvgIpc) is 3.27. The zero-order chi connectivity index (χ0) is 43.9. The van der Waals surface area contributed by atoms with Crippen LogP contribution in [0.2, 0.25) is 0 Å². The molecule has 0 amide bonds. The van der Waals surface area contributed by atoms with Crippen LogP contribution in [0, 0.1) is 0 Å². The SMILES string of the molecule is CCCCCCCCCCCCCCCCCOc1ccc(/C=C/C(=O)/C=C(O)/C=C/c2ccc(OCCCCCCCCCCCCCCCCC)c(OC)c2)cc1OC. The van der Waals surface area contributed by atoms with Crippen molar-refractivity contribution in [1.82, 2.24) is 0 Å². The number of carbonyl (C=O) groups excluding carboxylic acids is 1. The number of allylic oxidation sites excluding steroid dienone is 3. The second kappa shape index (κ2) is 38.0. The number of hydrogen-bond donors (Lipinski definition) is 1. The van der Waals surface area contributed by atoms with Crippen molar-refractivity contribution in [3.05, 3.63) is 71.5 Å². The summed E-state index contributed by atoms with van der Waals surface area (Å²) >= 11 is 0. The van der Waals surface area contributed by atoms with Crippen LogP contribution >= 0.6 is 0 Å². The van der Waals surface area contributed by atoms with Crippen LogP contribution in [0.3, 0.4) is 0 Å². The molecule has 1 N–H and O–H groups in total. The van der Waals surface area contributed by atoms with Crippen molar-refractivity contribution in [1.29, 1.82) is 0 Å². The summed E-state index contributed by atoms with van der Waals surface area (Å²) < 4.78 is 23.2. The molecule has 2 aromatic rings. The number of unbranched alkanes of at least 4 members (excludes halogenated alkanes) is 28. The van der Waals surface area contributed by atoms with Crippen molar-refractivity contribution in [3.63, 3.8) is 0 Å². The molecule has 6 heteroatoms. The van der Waals surface area contributed by atoms with Crippen molar-refractivity contribution in [3.8, 4) is 23.0 Å². The Morgan fingerprint density at radius 1 is 0.443 bits per heavy atom. The Morgan fingerprint density at radius 2 is 0.754 bits per heavy atom. The highest BCUT2D eigenvalue weighted by Crippen LogP contribution is 2.30. The van der Waals surface area contributed by atoms with Gasteiger partial charge >= 0.3 is 0 Å². The van der Waals surface area contributed by atoms with E-state index in [1.165, 1.54) is 198 Å². The molecule has 0 spiro atoms. The van der Waals surface area contributed by atoms with Gasteiger partial charge in [-0.3, -0.25) is 4.79 Å². The summed E-state index contributed by atoms with van der Waals surface area (Å²) in [5.74, 6) is 2.23. The molecule has 0 saturated heterocycles. The summed E-state index contributed by atoms with van der Waals surface area (Å²) in [5.41, 5.74) is 1.63. The van der Waals surface area contributed by atoms with Gasteiger partial charge < -0.3 is 24.1 Å². The number of methoxy groups -OCH3 is 2. The van der Waals surface area contributed by atoms with E-state index in [1.807, 2.05) is 36.4 Å². The summed E-state index contributed by atoms with van der Waals surface area (Å²) in [5, 5.41) is 10.5. The van der Waals surface area contributed by atoms with Gasteiger partial charge in [0.1, 0.15) is 5.76 Å². The van der Waals surface area contributed by atoms with E-state index < -0.39 is 0 Å². The van der Waals surface area contributed by atoms with Crippen LogP contribution in [0.1, 0.15) is 218 Å². The third kappa shape index (κ3) is 28.5. The van der Waals surface area contributed by atoms with E-state index in [0.29, 0.717) is 36.2 Å². The zero-order valence-electron chi connectivity index (χ0n) is 39.5. The molecule has 0 heterocycles. The van der Waals surface area contributed by atoms with Crippen LogP contribution in [-0.2, 0) is 4.79 Å². The fraction of sp³-hybridized carbons (Fsp3) is 0.655. The standard InChI is InChI=1S/C55H88O6/c1-5-7-9-11-13-15-17-19-21-23-25-27-29-31-33-43-60-52-41-37-48(45-54(52)58-3)35-39-50(56)47-51(57)40-36-49-38-42-53(55(46-49)59-4)61-44-34-32-30-28-26-24-22-20-18-16-14-12-10-8-6-2/h35-42,45-47,56H,5-34,43-44H2,1-4H3/b39-35+,40-36+,50-47-. The van der Waals surface area contributed by atoms with Gasteiger partial charge in [-0.1, -0.05) is 218 Å². The van der Waals surface area contributed by atoms with E-state index in [-0.39, 0.29) is 11.5 Å². The van der Waals surface area contributed by atoms with Gasteiger partial charge in [-0.2, -0.15) is 0 Å². The Kier molecular flexibility index (Phi) is 33.3. The molecule has 0 bridgehead atoms. The fourth-order valence-electron chi connectivity index (χ4n) is 7.73. The van der Waals surface area contributed by atoms with Crippen LogP contribution in [0.15, 0.2) is 60.4 Å². The molecule has 0 aliphatic carbocycles. The maximum atomic E-state index is 12.6. The molecule has 0 atom stereocenters. The van der Waals surface area contributed by atoms with Crippen molar-refractivity contribution in [2.75, 3.05) is 27.4 Å². The molecular weight excluding hydrogens is 757 g/mol. The number of carbonyl (C=O) groups is 1. The largest absolute Gasteiger partial charge is 0.508 e. The van der Waals surface area contributed by atoms with E-state index in [1.54, 1.807) is 26.4 Å². The first-order valence-corrected chi connectivity index (χ1v) is 24.9. The Morgan fingerprint density at radius 3 is 1.08 bits per heavy atom. The molecule has 344 valence electrons. The van der Waals surface area contributed by atoms with Crippen LogP contribution in [0.5, 0.6) is 23.0 Å². The van der Waals surface area contributed by atoms with Crippen molar-refractivity contribution < 1.29 is 28.8 Å². The van der Waals surface area contributed by atoms with E-state index in [4.69, 9.17) is 18.9 Å². The molecule has 0 radical (unpaired) electrons. The Labute approximate surface area is 374 Å². The molecule has 0 aliphatic heterocycles. The number of rotatable bonds is 41. The van der Waals surface area contributed by atoms with Gasteiger partial charge in [0.05, 0.1) is 27.4 Å². The van der Waals surface area contributed by atoms with Crippen LogP contribution in [-0.4, -0.2) is 38.3 Å². The Balaban J connectivity index is 1.61. The molecule has 61 heavy (non-hydrogen) atoms. The number of ketones is 1. The summed E-state index contributed by atoms with van der Waals surface area (Å²) in [6.45, 7) is 5.88. The first-order valence-electron chi connectivity index (χ1n) is 24.9. The second-order valence-corrected chi connectivity index (χ2v) is 17.1. The lowest BCUT2D eigenvalue weighted by Gasteiger charge is -2.11. The number of hydrogen-bond acceptors (Lipinski definition) is 6. The van der Waals surface area contributed by atoms with E-state index in [9.17, 15) is 9.90 Å². The predicted octanol–water partition coefficient (Wildman–Crippen LogP) is 16.9. The normalized spacial score (nSPS) is 11.8. The third-order valence-corrected chi connectivity index (χ3v) is 11.6. The lowest BCUT2D eigenvalue weighted by molar-refractivity contribution is -0.110. The molecule has 0 unspecified atom stereocenters. The van der Waals surface area contributed by atoms with E-state index >= 15 is 0 Å². The predicted molar refractivity (Wildman–Crippen MR) is 261 cm³/mol. The van der Waals surface area contributed by atoms with Gasteiger partial charge in [-0.25, -0.2) is 0 Å². The first kappa shape index (κ1) is 53.5. The van der Waals surface area contributed by atoms with Gasteiger partial charge in [0, 0.05) is 6.08 Å². The monoisotopic (exact) mass is 845 g/mol. The smallest absolute Gasteiger partial charge is 0.182 e. The van der Waals surface area contributed by atoms with Crippen LogP contribution < -0.4 is 18.9 Å². The van der Waals surface area contributed by atoms with Crippen molar-refractivity contribution in [2.24, 2.45) is 0 Å². The summed E-state index contributed by atoms with van der Waals surface area (Å²) in [6, 6.07) is 11.3. The lowest BCUT2D eigenvalue weighted by atomic mass is 10.0. The topological polar surface area (TPSA) is 74.2 Å². The van der Waals surface area contributed by atoms with Gasteiger partial charge in [0.15, 0.2) is 28.8 Å². The minimum atomic E-state index is -0.324. The molecule has 2 rings (SSSR count). The Bertz CT molecular complexity index is 1460. The molecule has 0 aromatic heterocycles. The first-order chi connectivity index (χ1) is 30.0. The van der Waals surface area contributed by atoms with Gasteiger partial charge in [0.25, 0.3) is 0 Å². The summed E-state index contributed by atoms with van der Waals surface area (Å²) in [4.78, 5) is 12.6. The minimum absolute atomic E-state index is 0.137. The third-order valence-electron chi connectivity index (χ3n) is 11.6. The zero-order valence-corrected chi connectivity index (χ0v) is 39.5. The van der Waals surface area contributed by atoms with Gasteiger partial charge in [-0.05, 0) is 60.4 Å². The van der Waals surface area contributed by atoms with Crippen LogP contribution in [0.25, 0.3) is 12.2 Å². The van der Waals surface area contributed by atoms with Crippen molar-refractivity contribution >= 4 is 17.9 Å². The number of aliphatic hydroxyl groups is 1. The average molecular weight is 845 g/mol. The molecule has 0 aliphatic rings. The summed E-state index contributed by atoms with van der Waals surface area (Å²) in [6.07, 6.45) is 47.7. The molecular formula is C55H88O6. The summed E-state index contributed by atoms with van der Waals surface area (Å²) in [7, 11) is 3.25. The van der Waals surface area contributed by atoms with Crippen LogP contribution in [0.4, 0.5) is 0 Å². The second-order valence-electron chi connectivity index (χ2n) is 17.1. The highest BCUT2D eigenvalue weighted by atomic mass is 16.5. The van der Waals surface area contributed by atoms with E-state index in [0.717, 1.165) is 24.0 Å². The van der Waals surface area contributed by atoms with Crippen molar-refractivity contribution in [2.45, 2.75) is 206 Å². The van der Waals surface area contributed by atoms with Gasteiger partial charge in [-0.15, -0.1) is 0 Å². The molecule has 0 saturated carbocycles. The number of ether oxygens (including phenoxy) is 4. The van der Waals surface area contributed by atoms with E-state index in [2.05, 4.69) is 13.8 Å². The molecule has 2 aromatic carbocycles. The van der Waals surface area contributed by atoms with Gasteiger partial charge in [0.2, 0.25) is 0 Å². The minimum Gasteiger partial charge on any atom is -0.508 e. The lowest BCUT2D eigenvalue weighted by Crippen LogP contribution is -1.99. The Hall–Kier alpha value is -3.67. The number of benzene rings is 2. The number of aliphatic hydroxyl groups excluding tert-OH is 1. The molecule has 0 fully saturated rings. The highest BCUT2D eigenvalue weighted by molar-refractivity contribution is 6.02. The highest BCUT2D eigenvalue weighted by Gasteiger charge is 2.07. The maximum Gasteiger partial charge on any atom is 0.182 e. The maximum absolute atomic E-state index is 12.6.